The van der Waals surface area contributed by atoms with Gasteiger partial charge in [-0.05, 0) is 0 Å². The summed E-state index contributed by atoms with van der Waals surface area (Å²) in [7, 11) is 1.24. The highest BCUT2D eigenvalue weighted by atomic mass is 16.8. The standard InChI is InChI=1S/C18H31NO15/c1-19-15(28)13-11(27)12(33-17-9(25)6(22)4(21)3-30-17)14(16(29)32-13)34-18-10(26)8(24)7(23)5(2-20)31-18/h4-14,16-18,20-27,29H,2-3H2,1H3,(H,19,28)/t4-,5?,6?,7+,8?,9?,10?,11+,12?,13?,14?,16-,17+,18+/m1/s1. The zero-order valence-corrected chi connectivity index (χ0v) is 18.0. The van der Waals surface area contributed by atoms with Gasteiger partial charge in [0.05, 0.1) is 13.2 Å². The number of nitrogens with one attached hydrogen (secondary N) is 1. The Morgan fingerprint density at radius 3 is 2.06 bits per heavy atom. The second-order valence-electron chi connectivity index (χ2n) is 8.20. The number of amides is 1. The average molecular weight is 501 g/mol. The van der Waals surface area contributed by atoms with Crippen molar-refractivity contribution in [2.45, 2.75) is 86.0 Å². The minimum atomic E-state index is -2.00. The van der Waals surface area contributed by atoms with Gasteiger partial charge < -0.3 is 75.0 Å². The highest BCUT2D eigenvalue weighted by Gasteiger charge is 2.54. The second kappa shape index (κ2) is 11.3. The number of carbonyl (C=O) groups is 1. The molecule has 8 unspecified atom stereocenters. The molecule has 3 aliphatic rings. The molecular formula is C18H31NO15. The number of hydrogen-bond acceptors (Lipinski definition) is 15. The predicted molar refractivity (Wildman–Crippen MR) is 102 cm³/mol. The molecule has 0 bridgehead atoms. The molecule has 0 saturated carbocycles. The van der Waals surface area contributed by atoms with E-state index in [9.17, 15) is 50.8 Å². The number of likely N-dealkylation sites (N-methyl/N-ethyl adjacent to an activating group) is 1. The molecular weight excluding hydrogens is 470 g/mol. The van der Waals surface area contributed by atoms with Crippen LogP contribution in [0.3, 0.4) is 0 Å². The third-order valence-corrected chi connectivity index (χ3v) is 5.93. The molecule has 34 heavy (non-hydrogen) atoms. The summed E-state index contributed by atoms with van der Waals surface area (Å²) in [6.07, 6.45) is -24.1. The molecule has 10 N–H and O–H groups in total. The van der Waals surface area contributed by atoms with Gasteiger partial charge in [-0.25, -0.2) is 0 Å². The number of carbonyl (C=O) groups excluding carboxylic acids is 1. The Bertz CT molecular complexity index is 684. The van der Waals surface area contributed by atoms with Crippen molar-refractivity contribution in [1.29, 1.82) is 0 Å². The van der Waals surface area contributed by atoms with Gasteiger partial charge in [0.1, 0.15) is 61.0 Å². The SMILES string of the molecule is CNC(=O)C1O[C@@H](O)C(O[C@@H]2OC(CO)[C@H](O)C(O)C2O)C(O[C@@H]2OC[C@@H](O)C(O)C2O)[C@@H]1O. The largest absolute Gasteiger partial charge is 0.394 e. The van der Waals surface area contributed by atoms with E-state index in [0.29, 0.717) is 0 Å². The zero-order valence-electron chi connectivity index (χ0n) is 18.0. The Kier molecular flexibility index (Phi) is 9.15. The summed E-state index contributed by atoms with van der Waals surface area (Å²) < 4.78 is 26.5. The van der Waals surface area contributed by atoms with Crippen molar-refractivity contribution in [3.05, 3.63) is 0 Å². The monoisotopic (exact) mass is 501 g/mol. The maximum absolute atomic E-state index is 12.1. The van der Waals surface area contributed by atoms with Crippen LogP contribution in [0.1, 0.15) is 0 Å². The van der Waals surface area contributed by atoms with E-state index in [1.54, 1.807) is 0 Å². The molecule has 16 heteroatoms. The number of hydrogen-bond donors (Lipinski definition) is 10. The lowest BCUT2D eigenvalue weighted by molar-refractivity contribution is -0.378. The van der Waals surface area contributed by atoms with Gasteiger partial charge in [0.2, 0.25) is 0 Å². The van der Waals surface area contributed by atoms with Crippen molar-refractivity contribution in [3.8, 4) is 0 Å². The summed E-state index contributed by atoms with van der Waals surface area (Å²) in [5.41, 5.74) is 0. The highest BCUT2D eigenvalue weighted by molar-refractivity contribution is 5.81. The Labute approximate surface area is 192 Å². The summed E-state index contributed by atoms with van der Waals surface area (Å²) in [4.78, 5) is 12.1. The average Bonchev–Trinajstić information content (AvgIpc) is 2.82. The molecule has 3 rings (SSSR count). The van der Waals surface area contributed by atoms with E-state index >= 15 is 0 Å². The molecule has 0 aromatic rings. The van der Waals surface area contributed by atoms with Gasteiger partial charge in [-0.3, -0.25) is 4.79 Å². The minimum absolute atomic E-state index is 0.456. The first-order chi connectivity index (χ1) is 16.0. The van der Waals surface area contributed by atoms with Crippen molar-refractivity contribution >= 4 is 5.91 Å². The zero-order chi connectivity index (χ0) is 25.3. The van der Waals surface area contributed by atoms with E-state index < -0.39 is 105 Å². The Balaban J connectivity index is 1.84. The lowest BCUT2D eigenvalue weighted by Crippen LogP contribution is -2.67. The van der Waals surface area contributed by atoms with E-state index in [4.69, 9.17) is 23.7 Å². The van der Waals surface area contributed by atoms with Crippen LogP contribution in [0.25, 0.3) is 0 Å². The first-order valence-corrected chi connectivity index (χ1v) is 10.5. The van der Waals surface area contributed by atoms with Crippen LogP contribution < -0.4 is 5.32 Å². The molecule has 16 nitrogen and oxygen atoms in total. The fraction of sp³-hybridized carbons (Fsp3) is 0.944. The highest BCUT2D eigenvalue weighted by Crippen LogP contribution is 2.32. The van der Waals surface area contributed by atoms with Crippen molar-refractivity contribution in [3.63, 3.8) is 0 Å². The minimum Gasteiger partial charge on any atom is -0.394 e. The van der Waals surface area contributed by atoms with Crippen molar-refractivity contribution in [2.75, 3.05) is 20.3 Å². The molecule has 3 heterocycles. The van der Waals surface area contributed by atoms with Crippen molar-refractivity contribution in [2.24, 2.45) is 0 Å². The fourth-order valence-electron chi connectivity index (χ4n) is 3.89. The van der Waals surface area contributed by atoms with Crippen LogP contribution in [-0.2, 0) is 28.5 Å². The molecule has 3 aliphatic heterocycles. The topological polar surface area (TPSA) is 257 Å². The normalized spacial score (nSPS) is 50.1. The number of aliphatic hydroxyl groups excluding tert-OH is 9. The van der Waals surface area contributed by atoms with Gasteiger partial charge in [0, 0.05) is 7.05 Å². The smallest absolute Gasteiger partial charge is 0.251 e. The van der Waals surface area contributed by atoms with E-state index in [2.05, 4.69) is 5.32 Å². The summed E-state index contributed by atoms with van der Waals surface area (Å²) in [6.45, 7) is -1.22. The van der Waals surface area contributed by atoms with Crippen LogP contribution in [-0.4, -0.2) is 158 Å². The Morgan fingerprint density at radius 2 is 1.44 bits per heavy atom. The van der Waals surface area contributed by atoms with Crippen molar-refractivity contribution in [1.82, 2.24) is 5.32 Å². The quantitative estimate of drug-likeness (QED) is 0.162. The van der Waals surface area contributed by atoms with E-state index in [-0.39, 0.29) is 0 Å². The lowest BCUT2D eigenvalue weighted by atomic mass is 9.96. The Hall–Kier alpha value is -1.09. The van der Waals surface area contributed by atoms with Gasteiger partial charge >= 0.3 is 0 Å². The van der Waals surface area contributed by atoms with Gasteiger partial charge in [-0.2, -0.15) is 0 Å². The molecule has 198 valence electrons. The van der Waals surface area contributed by atoms with Gasteiger partial charge in [-0.15, -0.1) is 0 Å². The number of aliphatic hydroxyl groups is 9. The first kappa shape index (κ1) is 27.5. The molecule has 0 aliphatic carbocycles. The summed E-state index contributed by atoms with van der Waals surface area (Å²) >= 11 is 0. The second-order valence-corrected chi connectivity index (χ2v) is 8.20. The fourth-order valence-corrected chi connectivity index (χ4v) is 3.89. The van der Waals surface area contributed by atoms with Gasteiger partial charge in [0.15, 0.2) is 25.0 Å². The first-order valence-electron chi connectivity index (χ1n) is 10.5. The number of ether oxygens (including phenoxy) is 5. The molecule has 0 aromatic carbocycles. The number of rotatable bonds is 6. The lowest BCUT2D eigenvalue weighted by Gasteiger charge is -2.47. The maximum atomic E-state index is 12.1. The van der Waals surface area contributed by atoms with Crippen LogP contribution in [0.15, 0.2) is 0 Å². The maximum Gasteiger partial charge on any atom is 0.251 e. The molecule has 14 atom stereocenters. The van der Waals surface area contributed by atoms with Crippen LogP contribution >= 0.6 is 0 Å². The van der Waals surface area contributed by atoms with E-state index in [1.807, 2.05) is 0 Å². The van der Waals surface area contributed by atoms with Crippen LogP contribution in [0.4, 0.5) is 0 Å². The molecule has 1 amide bonds. The van der Waals surface area contributed by atoms with E-state index in [1.165, 1.54) is 7.05 Å². The summed E-state index contributed by atoms with van der Waals surface area (Å²) in [5, 5.41) is 92.7. The molecule has 3 fully saturated rings. The van der Waals surface area contributed by atoms with Crippen molar-refractivity contribution < 1.29 is 74.4 Å². The van der Waals surface area contributed by atoms with E-state index in [0.717, 1.165) is 0 Å². The summed E-state index contributed by atoms with van der Waals surface area (Å²) in [6, 6.07) is 0. The molecule has 0 spiro atoms. The third-order valence-electron chi connectivity index (χ3n) is 5.93. The predicted octanol–water partition coefficient (Wildman–Crippen LogP) is -7.18. The Morgan fingerprint density at radius 1 is 0.824 bits per heavy atom. The third kappa shape index (κ3) is 5.35. The molecule has 0 aromatic heterocycles. The van der Waals surface area contributed by atoms with Crippen LogP contribution in [0.2, 0.25) is 0 Å². The van der Waals surface area contributed by atoms with Crippen LogP contribution in [0.5, 0.6) is 0 Å². The summed E-state index contributed by atoms with van der Waals surface area (Å²) in [5.74, 6) is -0.855. The van der Waals surface area contributed by atoms with Gasteiger partial charge in [0.25, 0.3) is 5.91 Å². The molecule has 0 radical (unpaired) electrons. The van der Waals surface area contributed by atoms with Crippen LogP contribution in [0, 0.1) is 0 Å². The molecule has 3 saturated heterocycles. The van der Waals surface area contributed by atoms with Gasteiger partial charge in [-0.1, -0.05) is 0 Å².